The quantitative estimate of drug-likeness (QED) is 0.193. The van der Waals surface area contributed by atoms with E-state index in [-0.39, 0.29) is 45.5 Å². The summed E-state index contributed by atoms with van der Waals surface area (Å²) in [5.74, 6) is 0. The summed E-state index contributed by atoms with van der Waals surface area (Å²) in [6, 6.07) is 16.6. The number of hydrogen-bond donors (Lipinski definition) is 2. The monoisotopic (exact) mass is 606 g/mol. The van der Waals surface area contributed by atoms with Crippen LogP contribution in [0.4, 0.5) is 11.4 Å². The molecule has 1 heterocycles. The number of anilines is 2. The number of sulfonamides is 1. The Morgan fingerprint density at radius 3 is 2.03 bits per heavy atom. The van der Waals surface area contributed by atoms with Gasteiger partial charge < -0.3 is 10.3 Å². The summed E-state index contributed by atoms with van der Waals surface area (Å²) >= 11 is 6.69. The van der Waals surface area contributed by atoms with Gasteiger partial charge in [-0.2, -0.15) is 0 Å². The molecule has 0 fully saturated rings. The molecule has 5 rings (SSSR count). The number of nitrogen functional groups attached to an aromatic ring is 1. The maximum Gasteiger partial charge on any atom is 1.00 e. The van der Waals surface area contributed by atoms with Crippen LogP contribution < -0.4 is 40.0 Å². The van der Waals surface area contributed by atoms with Gasteiger partial charge in [-0.05, 0) is 47.2 Å². The number of benzene rings is 4. The summed E-state index contributed by atoms with van der Waals surface area (Å²) in [5, 5.41) is 2.56. The van der Waals surface area contributed by atoms with E-state index in [4.69, 9.17) is 5.73 Å². The number of nitrogens with one attached hydrogen (secondary N) is 1. The Kier molecular flexibility index (Phi) is 7.33. The van der Waals surface area contributed by atoms with Crippen LogP contribution in [0.5, 0.6) is 0 Å². The number of fused-ring (bicyclic) bond motifs is 1. The van der Waals surface area contributed by atoms with Crippen molar-refractivity contribution >= 4 is 84.9 Å². The van der Waals surface area contributed by atoms with Gasteiger partial charge in [-0.15, -0.1) is 0 Å². The Hall–Kier alpha value is -1.18. The second-order valence-electron chi connectivity index (χ2n) is 6.65. The van der Waals surface area contributed by atoms with Crippen LogP contribution in [0.2, 0.25) is 0 Å². The van der Waals surface area contributed by atoms with Crippen LogP contribution in [-0.4, -0.2) is 21.4 Å². The van der Waals surface area contributed by atoms with Crippen LogP contribution in [0.3, 0.4) is 0 Å². The summed E-state index contributed by atoms with van der Waals surface area (Å²) in [5.41, 5.74) is 6.63. The van der Waals surface area contributed by atoms with E-state index in [0.717, 1.165) is 15.2 Å². The fourth-order valence-corrected chi connectivity index (χ4v) is 6.37. The van der Waals surface area contributed by atoms with Crippen LogP contribution in [0, 0.1) is 0 Å². The third-order valence-corrected chi connectivity index (χ3v) is 8.40. The van der Waals surface area contributed by atoms with Gasteiger partial charge in [0.25, 0.3) is 10.0 Å². The fraction of sp³-hybridized carbons (Fsp3) is 0. The molecule has 160 valence electrons. The van der Waals surface area contributed by atoms with Crippen molar-refractivity contribution in [3.05, 3.63) is 69.6 Å². The molecule has 0 bridgehead atoms. The summed E-state index contributed by atoms with van der Waals surface area (Å²) in [6.45, 7) is 0. The molecule has 32 heavy (non-hydrogen) atoms. The molecule has 0 saturated heterocycles. The first kappa shape index (κ1) is 25.4. The predicted octanol–water partition coefficient (Wildman–Crippen LogP) is 1.81. The van der Waals surface area contributed by atoms with Crippen molar-refractivity contribution in [1.82, 2.24) is 0 Å². The van der Waals surface area contributed by atoms with Crippen molar-refractivity contribution in [2.45, 2.75) is 9.79 Å². The average molecular weight is 608 g/mol. The zero-order valence-electron chi connectivity index (χ0n) is 16.5. The zero-order chi connectivity index (χ0) is 22.6. The van der Waals surface area contributed by atoms with Gasteiger partial charge in [0.1, 0.15) is 10.1 Å². The molecule has 1 aliphatic rings. The normalized spacial score (nSPS) is 13.7. The van der Waals surface area contributed by atoms with Gasteiger partial charge >= 0.3 is 29.6 Å². The second kappa shape index (κ2) is 9.22. The van der Waals surface area contributed by atoms with Crippen LogP contribution in [0.1, 0.15) is 0 Å². The SMILES string of the molecule is Nc1cccc2c(Br)ccc(S(=O)(=O)[O-])c12.O=S1(=O)Nc2cccc3c(Br)ccc1c23.[Na+]. The number of rotatable bonds is 1. The first-order chi connectivity index (χ1) is 14.5. The molecule has 7 nitrogen and oxygen atoms in total. The summed E-state index contributed by atoms with van der Waals surface area (Å²) < 4.78 is 60.8. The van der Waals surface area contributed by atoms with Crippen molar-refractivity contribution in [3.8, 4) is 0 Å². The molecule has 0 aromatic heterocycles. The molecule has 0 unspecified atom stereocenters. The van der Waals surface area contributed by atoms with Crippen molar-refractivity contribution in [1.29, 1.82) is 0 Å². The second-order valence-corrected chi connectivity index (χ2v) is 11.4. The molecule has 0 amide bonds. The zero-order valence-corrected chi connectivity index (χ0v) is 23.3. The standard InChI is InChI=1S/C10H8BrNO3S.C10H6BrNO2S.Na/c11-7-4-5-9(16(13,14)15)10-6(7)2-1-3-8(10)12;11-7-4-5-9-10-6(7)2-1-3-8(10)12-15(9,13)14;/h1-5H,12H2,(H,13,14,15);1-5,12H;/q;;+1/p-1. The summed E-state index contributed by atoms with van der Waals surface area (Å²) in [4.78, 5) is 0.0695. The molecule has 12 heteroatoms. The molecule has 0 aliphatic carbocycles. The molecule has 4 aromatic rings. The Labute approximate surface area is 223 Å². The summed E-state index contributed by atoms with van der Waals surface area (Å²) in [6.07, 6.45) is 0. The molecule has 4 aromatic carbocycles. The molecule has 0 radical (unpaired) electrons. The molecule has 0 saturated carbocycles. The summed E-state index contributed by atoms with van der Waals surface area (Å²) in [7, 11) is -7.86. The molecular weight excluding hydrogens is 595 g/mol. The molecule has 1 aliphatic heterocycles. The Morgan fingerprint density at radius 1 is 0.844 bits per heavy atom. The third-order valence-electron chi connectivity index (χ3n) is 4.73. The van der Waals surface area contributed by atoms with Crippen molar-refractivity contribution in [2.24, 2.45) is 0 Å². The first-order valence-electron chi connectivity index (χ1n) is 8.67. The van der Waals surface area contributed by atoms with Crippen LogP contribution in [-0.2, 0) is 20.1 Å². The average Bonchev–Trinajstić information content (AvgIpc) is 2.96. The van der Waals surface area contributed by atoms with E-state index < -0.39 is 20.1 Å². The molecular formula is C20H13Br2N2NaO5S2. The van der Waals surface area contributed by atoms with E-state index in [9.17, 15) is 21.4 Å². The third kappa shape index (κ3) is 4.58. The molecule has 3 N–H and O–H groups in total. The van der Waals surface area contributed by atoms with E-state index in [1.165, 1.54) is 12.1 Å². The maximum atomic E-state index is 11.7. The number of nitrogens with two attached hydrogens (primary N) is 1. The van der Waals surface area contributed by atoms with E-state index in [1.54, 1.807) is 36.4 Å². The number of halogens is 2. The van der Waals surface area contributed by atoms with E-state index >= 15 is 0 Å². The van der Waals surface area contributed by atoms with Gasteiger partial charge in [-0.3, -0.25) is 4.72 Å². The van der Waals surface area contributed by atoms with Gasteiger partial charge in [0.2, 0.25) is 0 Å². The van der Waals surface area contributed by atoms with Crippen LogP contribution >= 0.6 is 31.9 Å². The first-order valence-corrected chi connectivity index (χ1v) is 13.1. The van der Waals surface area contributed by atoms with Crippen LogP contribution in [0.15, 0.2) is 79.4 Å². The topological polar surface area (TPSA) is 129 Å². The predicted molar refractivity (Wildman–Crippen MR) is 126 cm³/mol. The minimum atomic E-state index is -4.52. The largest absolute Gasteiger partial charge is 1.00 e. The molecule has 0 spiro atoms. The van der Waals surface area contributed by atoms with Crippen molar-refractivity contribution < 1.29 is 50.9 Å². The van der Waals surface area contributed by atoms with Gasteiger partial charge in [0.05, 0.1) is 15.5 Å². The van der Waals surface area contributed by atoms with Crippen LogP contribution in [0.25, 0.3) is 21.5 Å². The van der Waals surface area contributed by atoms with E-state index in [2.05, 4.69) is 36.6 Å². The minimum Gasteiger partial charge on any atom is -0.744 e. The van der Waals surface area contributed by atoms with Gasteiger partial charge in [0.15, 0.2) is 0 Å². The van der Waals surface area contributed by atoms with Crippen molar-refractivity contribution in [2.75, 3.05) is 10.5 Å². The maximum absolute atomic E-state index is 11.7. The Bertz CT molecular complexity index is 1590. The Morgan fingerprint density at radius 2 is 1.41 bits per heavy atom. The smallest absolute Gasteiger partial charge is 0.744 e. The number of hydrogen-bond acceptors (Lipinski definition) is 6. The van der Waals surface area contributed by atoms with E-state index in [0.29, 0.717) is 20.4 Å². The fourth-order valence-electron chi connectivity index (χ4n) is 3.42. The Balaban J connectivity index is 0.000000175. The minimum absolute atomic E-state index is 0. The van der Waals surface area contributed by atoms with Gasteiger partial charge in [-0.25, -0.2) is 16.8 Å². The van der Waals surface area contributed by atoms with Gasteiger partial charge in [0, 0.05) is 25.4 Å². The molecule has 0 atom stereocenters. The van der Waals surface area contributed by atoms with Crippen molar-refractivity contribution in [3.63, 3.8) is 0 Å². The van der Waals surface area contributed by atoms with Gasteiger partial charge in [-0.1, -0.05) is 56.1 Å². The van der Waals surface area contributed by atoms with E-state index in [1.807, 2.05) is 12.1 Å².